The number of carbonyl (C=O) groups excluding carboxylic acids is 1. The summed E-state index contributed by atoms with van der Waals surface area (Å²) in [5.74, 6) is 1.42. The highest BCUT2D eigenvalue weighted by Gasteiger charge is 2.35. The van der Waals surface area contributed by atoms with E-state index in [1.54, 1.807) is 19.1 Å². The van der Waals surface area contributed by atoms with Crippen molar-refractivity contribution in [1.82, 2.24) is 15.0 Å². The van der Waals surface area contributed by atoms with Crippen molar-refractivity contribution in [3.63, 3.8) is 0 Å². The molecular formula is C17H23ClN4O3. The number of hydrogen-bond donors (Lipinski definition) is 1. The summed E-state index contributed by atoms with van der Waals surface area (Å²) >= 11 is 0. The fourth-order valence-corrected chi connectivity index (χ4v) is 2.85. The molecule has 2 N–H and O–H groups in total. The van der Waals surface area contributed by atoms with E-state index in [1.165, 1.54) is 0 Å². The SMILES string of the molecule is Cc1nc(COc2ccccc2C(=O)N2CCC(C)(CN)C2)no1.Cl. The Morgan fingerprint density at radius 3 is 2.84 bits per heavy atom. The lowest BCUT2D eigenvalue weighted by atomic mass is 9.90. The van der Waals surface area contributed by atoms with Gasteiger partial charge in [-0.3, -0.25) is 4.79 Å². The number of para-hydroxylation sites is 1. The molecule has 0 saturated carbocycles. The van der Waals surface area contributed by atoms with Gasteiger partial charge in [-0.05, 0) is 30.5 Å². The molecule has 1 aromatic heterocycles. The smallest absolute Gasteiger partial charge is 0.257 e. The van der Waals surface area contributed by atoms with Gasteiger partial charge in [0.2, 0.25) is 11.7 Å². The van der Waals surface area contributed by atoms with Crippen LogP contribution < -0.4 is 10.5 Å². The van der Waals surface area contributed by atoms with Crippen LogP contribution in [0.25, 0.3) is 0 Å². The standard InChI is InChI=1S/C17H22N4O3.ClH/c1-12-19-15(20-24-12)9-23-14-6-4-3-5-13(14)16(22)21-8-7-17(2,10-18)11-21;/h3-6H,7-11,18H2,1-2H3;1H. The van der Waals surface area contributed by atoms with Crippen LogP contribution in [0.1, 0.15) is 35.4 Å². The first kappa shape index (κ1) is 19.2. The van der Waals surface area contributed by atoms with E-state index < -0.39 is 0 Å². The lowest BCUT2D eigenvalue weighted by molar-refractivity contribution is 0.0772. The van der Waals surface area contributed by atoms with E-state index in [1.807, 2.05) is 17.0 Å². The fraction of sp³-hybridized carbons (Fsp3) is 0.471. The first-order valence-electron chi connectivity index (χ1n) is 8.01. The van der Waals surface area contributed by atoms with Crippen LogP contribution in [0, 0.1) is 12.3 Å². The first-order valence-corrected chi connectivity index (χ1v) is 8.01. The third-order valence-corrected chi connectivity index (χ3v) is 4.38. The zero-order valence-electron chi connectivity index (χ0n) is 14.4. The molecule has 0 aliphatic carbocycles. The summed E-state index contributed by atoms with van der Waals surface area (Å²) in [6.07, 6.45) is 0.917. The molecule has 1 atom stereocenters. The van der Waals surface area contributed by atoms with Crippen LogP contribution in [0.2, 0.25) is 0 Å². The van der Waals surface area contributed by atoms with Crippen molar-refractivity contribution >= 4 is 18.3 Å². The van der Waals surface area contributed by atoms with Crippen molar-refractivity contribution in [2.24, 2.45) is 11.1 Å². The molecule has 1 aliphatic heterocycles. The van der Waals surface area contributed by atoms with Gasteiger partial charge < -0.3 is 19.9 Å². The van der Waals surface area contributed by atoms with E-state index >= 15 is 0 Å². The maximum atomic E-state index is 12.8. The average Bonchev–Trinajstić information content (AvgIpc) is 3.19. The molecule has 0 bridgehead atoms. The summed E-state index contributed by atoms with van der Waals surface area (Å²) < 4.78 is 10.7. The van der Waals surface area contributed by atoms with Gasteiger partial charge in [-0.2, -0.15) is 4.98 Å². The fourth-order valence-electron chi connectivity index (χ4n) is 2.85. The lowest BCUT2D eigenvalue weighted by Crippen LogP contribution is -2.34. The van der Waals surface area contributed by atoms with Gasteiger partial charge in [0.25, 0.3) is 5.91 Å². The molecule has 136 valence electrons. The number of carbonyl (C=O) groups is 1. The number of benzene rings is 1. The number of halogens is 1. The van der Waals surface area contributed by atoms with Gasteiger partial charge in [0, 0.05) is 20.0 Å². The molecule has 3 rings (SSSR count). The Hall–Kier alpha value is -2.12. The van der Waals surface area contributed by atoms with E-state index in [2.05, 4.69) is 17.1 Å². The highest BCUT2D eigenvalue weighted by molar-refractivity contribution is 5.97. The molecule has 1 aromatic carbocycles. The number of nitrogens with zero attached hydrogens (tertiary/aromatic N) is 3. The highest BCUT2D eigenvalue weighted by atomic mass is 35.5. The molecule has 1 aliphatic rings. The predicted molar refractivity (Wildman–Crippen MR) is 94.7 cm³/mol. The first-order chi connectivity index (χ1) is 11.5. The summed E-state index contributed by atoms with van der Waals surface area (Å²) in [6, 6.07) is 7.22. The van der Waals surface area contributed by atoms with E-state index in [9.17, 15) is 4.79 Å². The van der Waals surface area contributed by atoms with Crippen molar-refractivity contribution in [1.29, 1.82) is 0 Å². The van der Waals surface area contributed by atoms with Crippen molar-refractivity contribution < 1.29 is 14.1 Å². The number of aromatic nitrogens is 2. The molecule has 1 fully saturated rings. The van der Waals surface area contributed by atoms with E-state index in [0.717, 1.165) is 6.42 Å². The summed E-state index contributed by atoms with van der Waals surface area (Å²) in [4.78, 5) is 18.8. The minimum Gasteiger partial charge on any atom is -0.485 e. The summed E-state index contributed by atoms with van der Waals surface area (Å²) in [5.41, 5.74) is 6.36. The third kappa shape index (κ3) is 4.29. The van der Waals surface area contributed by atoms with E-state index in [0.29, 0.717) is 42.7 Å². The summed E-state index contributed by atoms with van der Waals surface area (Å²) in [5, 5.41) is 3.79. The number of likely N-dealkylation sites (tertiary alicyclic amines) is 1. The zero-order valence-corrected chi connectivity index (χ0v) is 15.2. The molecule has 8 heteroatoms. The Morgan fingerprint density at radius 1 is 1.44 bits per heavy atom. The van der Waals surface area contributed by atoms with E-state index in [-0.39, 0.29) is 30.3 Å². The van der Waals surface area contributed by atoms with Crippen LogP contribution in [0.5, 0.6) is 5.75 Å². The van der Waals surface area contributed by atoms with Crippen molar-refractivity contribution in [2.45, 2.75) is 26.9 Å². The second-order valence-corrected chi connectivity index (χ2v) is 6.51. The van der Waals surface area contributed by atoms with Crippen molar-refractivity contribution in [2.75, 3.05) is 19.6 Å². The van der Waals surface area contributed by atoms with Gasteiger partial charge in [0.1, 0.15) is 5.75 Å². The topological polar surface area (TPSA) is 94.5 Å². The maximum Gasteiger partial charge on any atom is 0.257 e. The number of amides is 1. The summed E-state index contributed by atoms with van der Waals surface area (Å²) in [6.45, 7) is 5.94. The van der Waals surface area contributed by atoms with Gasteiger partial charge in [-0.15, -0.1) is 12.4 Å². The Morgan fingerprint density at radius 2 is 2.20 bits per heavy atom. The monoisotopic (exact) mass is 366 g/mol. The van der Waals surface area contributed by atoms with Crippen molar-refractivity contribution in [3.8, 4) is 5.75 Å². The number of aryl methyl sites for hydroxylation is 1. The predicted octanol–water partition coefficient (Wildman–Crippen LogP) is 2.19. The number of rotatable bonds is 5. The number of hydrogen-bond acceptors (Lipinski definition) is 6. The largest absolute Gasteiger partial charge is 0.485 e. The molecule has 1 amide bonds. The van der Waals surface area contributed by atoms with Crippen LogP contribution >= 0.6 is 12.4 Å². The van der Waals surface area contributed by atoms with Gasteiger partial charge in [-0.25, -0.2) is 0 Å². The molecule has 1 saturated heterocycles. The van der Waals surface area contributed by atoms with Gasteiger partial charge in [-0.1, -0.05) is 24.2 Å². The lowest BCUT2D eigenvalue weighted by Gasteiger charge is -2.23. The normalized spacial score (nSPS) is 19.6. The van der Waals surface area contributed by atoms with Crippen LogP contribution in [-0.4, -0.2) is 40.6 Å². The van der Waals surface area contributed by atoms with Gasteiger partial charge >= 0.3 is 0 Å². The Kier molecular flexibility index (Phi) is 6.02. The molecular weight excluding hydrogens is 344 g/mol. The molecule has 0 radical (unpaired) electrons. The average molecular weight is 367 g/mol. The number of nitrogens with two attached hydrogens (primary N) is 1. The number of ether oxygens (including phenoxy) is 1. The Bertz CT molecular complexity index is 736. The van der Waals surface area contributed by atoms with Crippen LogP contribution in [0.3, 0.4) is 0 Å². The molecule has 2 heterocycles. The zero-order chi connectivity index (χ0) is 17.2. The van der Waals surface area contributed by atoms with Crippen LogP contribution in [0.15, 0.2) is 28.8 Å². The highest BCUT2D eigenvalue weighted by Crippen LogP contribution is 2.31. The second kappa shape index (κ2) is 7.84. The molecule has 1 unspecified atom stereocenters. The van der Waals surface area contributed by atoms with Gasteiger partial charge in [0.15, 0.2) is 6.61 Å². The Labute approximate surface area is 152 Å². The van der Waals surface area contributed by atoms with E-state index in [4.69, 9.17) is 15.0 Å². The van der Waals surface area contributed by atoms with Crippen LogP contribution in [0.4, 0.5) is 0 Å². The van der Waals surface area contributed by atoms with Crippen LogP contribution in [-0.2, 0) is 6.61 Å². The summed E-state index contributed by atoms with van der Waals surface area (Å²) in [7, 11) is 0. The molecule has 0 spiro atoms. The maximum absolute atomic E-state index is 12.8. The second-order valence-electron chi connectivity index (χ2n) is 6.51. The molecule has 2 aromatic rings. The Balaban J connectivity index is 0.00000225. The third-order valence-electron chi connectivity index (χ3n) is 4.38. The molecule has 7 nitrogen and oxygen atoms in total. The van der Waals surface area contributed by atoms with Gasteiger partial charge in [0.05, 0.1) is 5.56 Å². The van der Waals surface area contributed by atoms with Crippen molar-refractivity contribution in [3.05, 3.63) is 41.5 Å². The minimum atomic E-state index is -0.0351. The quantitative estimate of drug-likeness (QED) is 0.871. The molecule has 25 heavy (non-hydrogen) atoms. The minimum absolute atomic E-state index is 0.